The Labute approximate surface area is 72.0 Å². The normalized spacial score (nSPS) is 29.7. The zero-order chi connectivity index (χ0) is 8.97. The first-order chi connectivity index (χ1) is 5.74. The number of hydrogen-bond donors (Lipinski definition) is 1. The first-order valence-corrected chi connectivity index (χ1v) is 4.29. The Morgan fingerprint density at radius 1 is 1.75 bits per heavy atom. The van der Waals surface area contributed by atoms with Crippen LogP contribution in [0, 0.1) is 0 Å². The standard InChI is InChI=1S/C9H14O3/c1-2-3-4-5-7-6-8(10)9(11)12-7/h4-5,7-8,10H,2-3,6H2,1H3/b5-4+. The van der Waals surface area contributed by atoms with Crippen molar-refractivity contribution >= 4 is 5.97 Å². The van der Waals surface area contributed by atoms with Crippen LogP contribution in [0.2, 0.25) is 0 Å². The van der Waals surface area contributed by atoms with Crippen molar-refractivity contribution in [3.05, 3.63) is 12.2 Å². The predicted octanol–water partition coefficient (Wildman–Crippen LogP) is 1.02. The fourth-order valence-corrected chi connectivity index (χ4v) is 1.12. The summed E-state index contributed by atoms with van der Waals surface area (Å²) in [5.41, 5.74) is 0. The van der Waals surface area contributed by atoms with E-state index in [0.29, 0.717) is 6.42 Å². The highest BCUT2D eigenvalue weighted by atomic mass is 16.6. The number of cyclic esters (lactones) is 1. The molecule has 12 heavy (non-hydrogen) atoms. The molecule has 0 spiro atoms. The number of aliphatic hydroxyl groups excluding tert-OH is 1. The third kappa shape index (κ3) is 2.34. The van der Waals surface area contributed by atoms with Gasteiger partial charge >= 0.3 is 5.97 Å². The summed E-state index contributed by atoms with van der Waals surface area (Å²) in [6.07, 6.45) is 5.18. The maximum Gasteiger partial charge on any atom is 0.335 e. The number of carbonyl (C=O) groups excluding carboxylic acids is 1. The molecule has 2 unspecified atom stereocenters. The molecule has 1 N–H and O–H groups in total. The van der Waals surface area contributed by atoms with Crippen molar-refractivity contribution < 1.29 is 14.6 Å². The van der Waals surface area contributed by atoms with E-state index in [0.717, 1.165) is 12.8 Å². The van der Waals surface area contributed by atoms with E-state index in [-0.39, 0.29) is 6.10 Å². The van der Waals surface area contributed by atoms with Crippen LogP contribution in [0.5, 0.6) is 0 Å². The predicted molar refractivity (Wildman–Crippen MR) is 44.6 cm³/mol. The molecular formula is C9H14O3. The Morgan fingerprint density at radius 3 is 3.00 bits per heavy atom. The van der Waals surface area contributed by atoms with Gasteiger partial charge in [0.15, 0.2) is 6.10 Å². The van der Waals surface area contributed by atoms with Gasteiger partial charge in [-0.3, -0.25) is 0 Å². The van der Waals surface area contributed by atoms with Gasteiger partial charge < -0.3 is 9.84 Å². The van der Waals surface area contributed by atoms with Crippen LogP contribution in [0.3, 0.4) is 0 Å². The van der Waals surface area contributed by atoms with Gasteiger partial charge in [0.1, 0.15) is 6.10 Å². The number of carbonyl (C=O) groups is 1. The van der Waals surface area contributed by atoms with Crippen molar-refractivity contribution in [2.75, 3.05) is 0 Å². The molecule has 1 rings (SSSR count). The Bertz CT molecular complexity index is 186. The van der Waals surface area contributed by atoms with Crippen LogP contribution in [0.15, 0.2) is 12.2 Å². The van der Waals surface area contributed by atoms with Crippen LogP contribution in [0.1, 0.15) is 26.2 Å². The van der Waals surface area contributed by atoms with Gasteiger partial charge in [-0.05, 0) is 12.5 Å². The summed E-state index contributed by atoms with van der Waals surface area (Å²) in [6, 6.07) is 0. The van der Waals surface area contributed by atoms with Gasteiger partial charge in [-0.25, -0.2) is 4.79 Å². The molecule has 68 valence electrons. The Kier molecular flexibility index (Phi) is 3.29. The summed E-state index contributed by atoms with van der Waals surface area (Å²) in [5, 5.41) is 9.02. The Hall–Kier alpha value is -0.830. The van der Waals surface area contributed by atoms with Crippen molar-refractivity contribution in [3.63, 3.8) is 0 Å². The van der Waals surface area contributed by atoms with Crippen LogP contribution in [0.4, 0.5) is 0 Å². The maximum atomic E-state index is 10.7. The zero-order valence-corrected chi connectivity index (χ0v) is 7.19. The average molecular weight is 170 g/mol. The van der Waals surface area contributed by atoms with Crippen LogP contribution in [0.25, 0.3) is 0 Å². The number of aliphatic hydroxyl groups is 1. The first kappa shape index (κ1) is 9.26. The van der Waals surface area contributed by atoms with E-state index < -0.39 is 12.1 Å². The molecule has 0 bridgehead atoms. The van der Waals surface area contributed by atoms with E-state index in [1.165, 1.54) is 0 Å². The Morgan fingerprint density at radius 2 is 2.50 bits per heavy atom. The van der Waals surface area contributed by atoms with Crippen molar-refractivity contribution in [2.45, 2.75) is 38.4 Å². The summed E-state index contributed by atoms with van der Waals surface area (Å²) >= 11 is 0. The van der Waals surface area contributed by atoms with Crippen LogP contribution in [-0.4, -0.2) is 23.3 Å². The summed E-state index contributed by atoms with van der Waals surface area (Å²) < 4.78 is 4.84. The largest absolute Gasteiger partial charge is 0.456 e. The maximum absolute atomic E-state index is 10.7. The van der Waals surface area contributed by atoms with Gasteiger partial charge in [-0.1, -0.05) is 19.4 Å². The molecule has 0 aromatic heterocycles. The molecular weight excluding hydrogens is 156 g/mol. The lowest BCUT2D eigenvalue weighted by atomic mass is 10.2. The number of allylic oxidation sites excluding steroid dienone is 1. The van der Waals surface area contributed by atoms with E-state index in [4.69, 9.17) is 9.84 Å². The van der Waals surface area contributed by atoms with Gasteiger partial charge in [0.2, 0.25) is 0 Å². The second kappa shape index (κ2) is 4.26. The van der Waals surface area contributed by atoms with Gasteiger partial charge in [0.25, 0.3) is 0 Å². The molecule has 1 heterocycles. The first-order valence-electron chi connectivity index (χ1n) is 4.29. The van der Waals surface area contributed by atoms with E-state index in [9.17, 15) is 4.79 Å². The molecule has 3 nitrogen and oxygen atoms in total. The number of esters is 1. The lowest BCUT2D eigenvalue weighted by Gasteiger charge is -1.99. The molecule has 1 saturated heterocycles. The number of hydrogen-bond acceptors (Lipinski definition) is 3. The van der Waals surface area contributed by atoms with Gasteiger partial charge in [-0.2, -0.15) is 0 Å². The van der Waals surface area contributed by atoms with Crippen LogP contribution in [-0.2, 0) is 9.53 Å². The molecule has 0 amide bonds. The van der Waals surface area contributed by atoms with Crippen molar-refractivity contribution in [2.24, 2.45) is 0 Å². The molecule has 0 aromatic carbocycles. The molecule has 0 aliphatic carbocycles. The SMILES string of the molecule is CCC/C=C/C1CC(O)C(=O)O1. The number of unbranched alkanes of at least 4 members (excludes halogenated alkanes) is 1. The monoisotopic (exact) mass is 170 g/mol. The summed E-state index contributed by atoms with van der Waals surface area (Å²) in [6.45, 7) is 2.08. The van der Waals surface area contributed by atoms with E-state index in [2.05, 4.69) is 6.92 Å². The van der Waals surface area contributed by atoms with E-state index >= 15 is 0 Å². The Balaban J connectivity index is 2.32. The van der Waals surface area contributed by atoms with E-state index in [1.807, 2.05) is 12.2 Å². The average Bonchev–Trinajstić information content (AvgIpc) is 2.32. The molecule has 1 aliphatic heterocycles. The van der Waals surface area contributed by atoms with Crippen molar-refractivity contribution in [1.82, 2.24) is 0 Å². The molecule has 0 saturated carbocycles. The number of rotatable bonds is 3. The second-order valence-electron chi connectivity index (χ2n) is 2.94. The third-order valence-electron chi connectivity index (χ3n) is 1.80. The topological polar surface area (TPSA) is 46.5 Å². The van der Waals surface area contributed by atoms with Crippen LogP contribution < -0.4 is 0 Å². The fraction of sp³-hybridized carbons (Fsp3) is 0.667. The van der Waals surface area contributed by atoms with Gasteiger partial charge in [-0.15, -0.1) is 0 Å². The second-order valence-corrected chi connectivity index (χ2v) is 2.94. The van der Waals surface area contributed by atoms with Gasteiger partial charge in [0.05, 0.1) is 0 Å². The minimum absolute atomic E-state index is 0.209. The van der Waals surface area contributed by atoms with Crippen molar-refractivity contribution in [3.8, 4) is 0 Å². The molecule has 0 radical (unpaired) electrons. The van der Waals surface area contributed by atoms with Gasteiger partial charge in [0, 0.05) is 6.42 Å². The van der Waals surface area contributed by atoms with E-state index in [1.54, 1.807) is 0 Å². The molecule has 0 aromatic rings. The minimum Gasteiger partial charge on any atom is -0.456 e. The smallest absolute Gasteiger partial charge is 0.335 e. The fourth-order valence-electron chi connectivity index (χ4n) is 1.12. The van der Waals surface area contributed by atoms with Crippen LogP contribution >= 0.6 is 0 Å². The molecule has 3 heteroatoms. The molecule has 1 fully saturated rings. The lowest BCUT2D eigenvalue weighted by Crippen LogP contribution is -2.11. The summed E-state index contributed by atoms with van der Waals surface area (Å²) in [7, 11) is 0. The highest BCUT2D eigenvalue weighted by molar-refractivity contribution is 5.76. The summed E-state index contributed by atoms with van der Waals surface area (Å²) in [5.74, 6) is -0.499. The summed E-state index contributed by atoms with van der Waals surface area (Å²) in [4.78, 5) is 10.7. The minimum atomic E-state index is -0.915. The molecule has 1 aliphatic rings. The zero-order valence-electron chi connectivity index (χ0n) is 7.19. The van der Waals surface area contributed by atoms with Crippen molar-refractivity contribution in [1.29, 1.82) is 0 Å². The highest BCUT2D eigenvalue weighted by Crippen LogP contribution is 2.15. The third-order valence-corrected chi connectivity index (χ3v) is 1.80. The quantitative estimate of drug-likeness (QED) is 0.508. The highest BCUT2D eigenvalue weighted by Gasteiger charge is 2.30. The molecule has 2 atom stereocenters. The lowest BCUT2D eigenvalue weighted by molar-refractivity contribution is -0.146. The number of ether oxygens (including phenoxy) is 1.